The summed E-state index contributed by atoms with van der Waals surface area (Å²) in [5.41, 5.74) is 7.50. The van der Waals surface area contributed by atoms with Gasteiger partial charge >= 0.3 is 0 Å². The van der Waals surface area contributed by atoms with E-state index < -0.39 is 0 Å². The Labute approximate surface area is 97.1 Å². The monoisotopic (exact) mass is 223 g/mol. The van der Waals surface area contributed by atoms with E-state index in [0.717, 1.165) is 12.3 Å². The zero-order chi connectivity index (χ0) is 12.1. The molecule has 0 atom stereocenters. The van der Waals surface area contributed by atoms with E-state index in [1.165, 1.54) is 22.3 Å². The lowest BCUT2D eigenvalue weighted by atomic mass is 9.98. The molecular weight excluding hydrogens is 202 g/mol. The lowest BCUT2D eigenvalue weighted by Crippen LogP contribution is -2.33. The fourth-order valence-corrected chi connectivity index (χ4v) is 1.91. The standard InChI is InChI=1S/C12H21N3O/c1-8-5-11(6-14-7-15-13)9(2)10(3)12(8)16-4/h5,14-15H,6-7,13H2,1-4H3. The predicted molar refractivity (Wildman–Crippen MR) is 66.2 cm³/mol. The van der Waals surface area contributed by atoms with Gasteiger partial charge in [-0.3, -0.25) is 11.2 Å². The van der Waals surface area contributed by atoms with Crippen LogP contribution < -0.4 is 21.3 Å². The van der Waals surface area contributed by atoms with Crippen LogP contribution in [0.3, 0.4) is 0 Å². The van der Waals surface area contributed by atoms with E-state index in [1.807, 2.05) is 0 Å². The number of rotatable bonds is 5. The van der Waals surface area contributed by atoms with Crippen LogP contribution in [0.5, 0.6) is 5.75 Å². The van der Waals surface area contributed by atoms with Crippen LogP contribution in [0.15, 0.2) is 6.07 Å². The summed E-state index contributed by atoms with van der Waals surface area (Å²) >= 11 is 0. The maximum absolute atomic E-state index is 5.38. The van der Waals surface area contributed by atoms with Crippen molar-refractivity contribution in [3.05, 3.63) is 28.3 Å². The number of ether oxygens (including phenoxy) is 1. The molecule has 0 aliphatic rings. The summed E-state index contributed by atoms with van der Waals surface area (Å²) in [5.74, 6) is 6.19. The molecule has 1 rings (SSSR count). The van der Waals surface area contributed by atoms with Crippen LogP contribution in [0.25, 0.3) is 0 Å². The van der Waals surface area contributed by atoms with E-state index >= 15 is 0 Å². The van der Waals surface area contributed by atoms with Gasteiger partial charge in [-0.2, -0.15) is 0 Å². The van der Waals surface area contributed by atoms with Gasteiger partial charge in [-0.05, 0) is 43.0 Å². The lowest BCUT2D eigenvalue weighted by Gasteiger charge is -2.16. The van der Waals surface area contributed by atoms with Crippen molar-refractivity contribution in [2.45, 2.75) is 27.3 Å². The minimum Gasteiger partial charge on any atom is -0.496 e. The van der Waals surface area contributed by atoms with Gasteiger partial charge in [-0.25, -0.2) is 5.43 Å². The molecule has 0 heterocycles. The molecule has 4 nitrogen and oxygen atoms in total. The van der Waals surface area contributed by atoms with E-state index in [9.17, 15) is 0 Å². The molecule has 0 amide bonds. The molecule has 0 saturated carbocycles. The summed E-state index contributed by atoms with van der Waals surface area (Å²) in [6.45, 7) is 7.68. The molecule has 0 radical (unpaired) electrons. The van der Waals surface area contributed by atoms with Crippen LogP contribution in [-0.4, -0.2) is 13.8 Å². The zero-order valence-corrected chi connectivity index (χ0v) is 10.5. The van der Waals surface area contributed by atoms with Crippen molar-refractivity contribution in [3.8, 4) is 5.75 Å². The minimum absolute atomic E-state index is 0.601. The van der Waals surface area contributed by atoms with Crippen LogP contribution in [0.1, 0.15) is 22.3 Å². The Morgan fingerprint density at radius 2 is 1.94 bits per heavy atom. The number of aryl methyl sites for hydroxylation is 1. The Kier molecular flexibility index (Phi) is 4.73. The fraction of sp³-hybridized carbons (Fsp3) is 0.500. The molecule has 0 fully saturated rings. The first-order valence-corrected chi connectivity index (χ1v) is 5.39. The molecule has 0 bridgehead atoms. The molecule has 4 N–H and O–H groups in total. The molecule has 0 unspecified atom stereocenters. The molecular formula is C12H21N3O. The van der Waals surface area contributed by atoms with Gasteiger partial charge in [-0.1, -0.05) is 6.07 Å². The van der Waals surface area contributed by atoms with Crippen molar-refractivity contribution in [2.75, 3.05) is 13.8 Å². The second kappa shape index (κ2) is 5.84. The number of benzene rings is 1. The third-order valence-electron chi connectivity index (χ3n) is 2.88. The molecule has 0 aromatic heterocycles. The van der Waals surface area contributed by atoms with Crippen molar-refractivity contribution in [2.24, 2.45) is 5.84 Å². The van der Waals surface area contributed by atoms with Gasteiger partial charge in [0.15, 0.2) is 0 Å². The molecule has 90 valence electrons. The van der Waals surface area contributed by atoms with Gasteiger partial charge in [0, 0.05) is 6.54 Å². The summed E-state index contributed by atoms with van der Waals surface area (Å²) < 4.78 is 5.38. The quantitative estimate of drug-likeness (QED) is 0.303. The van der Waals surface area contributed by atoms with Crippen molar-refractivity contribution < 1.29 is 4.74 Å². The van der Waals surface area contributed by atoms with Crippen LogP contribution in [0, 0.1) is 20.8 Å². The first-order valence-electron chi connectivity index (χ1n) is 5.39. The van der Waals surface area contributed by atoms with Crippen LogP contribution in [0.4, 0.5) is 0 Å². The maximum Gasteiger partial charge on any atom is 0.124 e. The average Bonchev–Trinajstić information content (AvgIpc) is 2.26. The number of nitrogens with two attached hydrogens (primary N) is 1. The first-order chi connectivity index (χ1) is 7.61. The Bertz CT molecular complexity index is 364. The zero-order valence-electron chi connectivity index (χ0n) is 10.5. The highest BCUT2D eigenvalue weighted by atomic mass is 16.5. The highest BCUT2D eigenvalue weighted by molar-refractivity contribution is 5.48. The Morgan fingerprint density at radius 1 is 1.25 bits per heavy atom. The average molecular weight is 223 g/mol. The molecule has 0 spiro atoms. The van der Waals surface area contributed by atoms with E-state index in [4.69, 9.17) is 10.6 Å². The van der Waals surface area contributed by atoms with Crippen molar-refractivity contribution >= 4 is 0 Å². The van der Waals surface area contributed by atoms with Crippen molar-refractivity contribution in [1.29, 1.82) is 0 Å². The van der Waals surface area contributed by atoms with E-state index in [-0.39, 0.29) is 0 Å². The summed E-state index contributed by atoms with van der Waals surface area (Å²) in [5, 5.41) is 3.21. The second-order valence-electron chi connectivity index (χ2n) is 3.94. The summed E-state index contributed by atoms with van der Waals surface area (Å²) in [6.07, 6.45) is 0. The first kappa shape index (κ1) is 13.0. The van der Waals surface area contributed by atoms with Gasteiger partial charge < -0.3 is 4.74 Å². The molecule has 4 heteroatoms. The SMILES string of the molecule is COc1c(C)cc(CNCNN)c(C)c1C. The van der Waals surface area contributed by atoms with E-state index in [1.54, 1.807) is 7.11 Å². The Balaban J connectivity index is 2.94. The molecule has 0 aliphatic heterocycles. The number of hydrogen-bond donors (Lipinski definition) is 3. The molecule has 1 aromatic rings. The van der Waals surface area contributed by atoms with Crippen LogP contribution in [-0.2, 0) is 6.54 Å². The van der Waals surface area contributed by atoms with Gasteiger partial charge in [0.25, 0.3) is 0 Å². The van der Waals surface area contributed by atoms with E-state index in [2.05, 4.69) is 37.6 Å². The number of methoxy groups -OCH3 is 1. The van der Waals surface area contributed by atoms with Gasteiger partial charge in [0.2, 0.25) is 0 Å². The number of nitrogens with one attached hydrogen (secondary N) is 2. The second-order valence-corrected chi connectivity index (χ2v) is 3.94. The summed E-state index contributed by atoms with van der Waals surface area (Å²) in [7, 11) is 1.71. The van der Waals surface area contributed by atoms with Gasteiger partial charge in [0.1, 0.15) is 5.75 Å². The topological polar surface area (TPSA) is 59.3 Å². The van der Waals surface area contributed by atoms with Crippen LogP contribution >= 0.6 is 0 Å². The highest BCUT2D eigenvalue weighted by Crippen LogP contribution is 2.28. The van der Waals surface area contributed by atoms with Gasteiger partial charge in [0.05, 0.1) is 13.8 Å². The fourth-order valence-electron chi connectivity index (χ4n) is 1.91. The highest BCUT2D eigenvalue weighted by Gasteiger charge is 2.09. The normalized spacial score (nSPS) is 10.6. The number of hydrogen-bond acceptors (Lipinski definition) is 4. The van der Waals surface area contributed by atoms with Crippen LogP contribution in [0.2, 0.25) is 0 Å². The number of hydrazine groups is 1. The predicted octanol–water partition coefficient (Wildman–Crippen LogP) is 1.13. The summed E-state index contributed by atoms with van der Waals surface area (Å²) in [4.78, 5) is 0. The van der Waals surface area contributed by atoms with Crippen molar-refractivity contribution in [3.63, 3.8) is 0 Å². The third kappa shape index (κ3) is 2.72. The lowest BCUT2D eigenvalue weighted by molar-refractivity contribution is 0.408. The molecule has 1 aromatic carbocycles. The molecule has 0 aliphatic carbocycles. The summed E-state index contributed by atoms with van der Waals surface area (Å²) in [6, 6.07) is 2.16. The largest absolute Gasteiger partial charge is 0.496 e. The Hall–Kier alpha value is -1.10. The molecule has 0 saturated heterocycles. The third-order valence-corrected chi connectivity index (χ3v) is 2.88. The van der Waals surface area contributed by atoms with Gasteiger partial charge in [-0.15, -0.1) is 0 Å². The Morgan fingerprint density at radius 3 is 2.50 bits per heavy atom. The van der Waals surface area contributed by atoms with E-state index in [0.29, 0.717) is 6.67 Å². The minimum atomic E-state index is 0.601. The molecule has 16 heavy (non-hydrogen) atoms. The van der Waals surface area contributed by atoms with Crippen molar-refractivity contribution in [1.82, 2.24) is 10.7 Å². The smallest absolute Gasteiger partial charge is 0.124 e. The maximum atomic E-state index is 5.38.